The Kier molecular flexibility index (Phi) is 6.80. The largest absolute Gasteiger partial charge is 0.480 e. The van der Waals surface area contributed by atoms with Crippen molar-refractivity contribution in [2.24, 2.45) is 5.92 Å². The summed E-state index contributed by atoms with van der Waals surface area (Å²) in [6.45, 7) is 9.20. The number of carboxylic acids is 1. The summed E-state index contributed by atoms with van der Waals surface area (Å²) in [6.07, 6.45) is 0.852. The molecule has 0 aliphatic heterocycles. The number of carboxylic acid groups (broad SMARTS) is 1. The minimum Gasteiger partial charge on any atom is -0.480 e. The monoisotopic (exact) mass is 244 g/mol. The Bertz CT molecular complexity index is 266. The van der Waals surface area contributed by atoms with E-state index in [1.54, 1.807) is 6.92 Å². The van der Waals surface area contributed by atoms with Crippen molar-refractivity contribution in [3.63, 3.8) is 0 Å². The third kappa shape index (κ3) is 5.68. The molecule has 0 aromatic carbocycles. The predicted molar refractivity (Wildman–Crippen MR) is 66.8 cm³/mol. The fourth-order valence-electron chi connectivity index (χ4n) is 1.36. The molecule has 0 rings (SSSR count). The van der Waals surface area contributed by atoms with Crippen LogP contribution in [0.1, 0.15) is 41.0 Å². The zero-order valence-corrected chi connectivity index (χ0v) is 11.3. The Hall–Kier alpha value is -1.10. The van der Waals surface area contributed by atoms with Gasteiger partial charge in [0.05, 0.1) is 6.04 Å². The molecule has 0 aliphatic carbocycles. The first-order valence-electron chi connectivity index (χ1n) is 6.08. The van der Waals surface area contributed by atoms with Gasteiger partial charge in [0.15, 0.2) is 0 Å². The Labute approximate surface area is 103 Å². The minimum absolute atomic E-state index is 0.0636. The molecule has 0 heterocycles. The molecule has 0 saturated carbocycles. The Morgan fingerprint density at radius 2 is 1.71 bits per heavy atom. The van der Waals surface area contributed by atoms with E-state index in [0.717, 1.165) is 6.42 Å². The number of hydrogen-bond donors (Lipinski definition) is 3. The van der Waals surface area contributed by atoms with E-state index in [9.17, 15) is 9.59 Å². The Balaban J connectivity index is 4.35. The van der Waals surface area contributed by atoms with Crippen molar-refractivity contribution < 1.29 is 14.7 Å². The van der Waals surface area contributed by atoms with E-state index >= 15 is 0 Å². The number of carbonyl (C=O) groups excluding carboxylic acids is 1. The molecule has 17 heavy (non-hydrogen) atoms. The second-order valence-electron chi connectivity index (χ2n) is 4.77. The summed E-state index contributed by atoms with van der Waals surface area (Å²) in [5, 5.41) is 14.7. The van der Waals surface area contributed by atoms with Gasteiger partial charge in [0.2, 0.25) is 5.91 Å². The standard InChI is InChI=1S/C12H24N2O3/c1-6-8(4)13-11(15)9(5)14-10(7(2)3)12(16)17/h7-10,14H,6H2,1-5H3,(H,13,15)(H,16,17). The lowest BCUT2D eigenvalue weighted by Crippen LogP contribution is -2.52. The maximum Gasteiger partial charge on any atom is 0.320 e. The van der Waals surface area contributed by atoms with Gasteiger partial charge < -0.3 is 10.4 Å². The van der Waals surface area contributed by atoms with E-state index in [0.29, 0.717) is 0 Å². The second-order valence-corrected chi connectivity index (χ2v) is 4.77. The zero-order valence-electron chi connectivity index (χ0n) is 11.3. The third-order valence-electron chi connectivity index (χ3n) is 2.76. The van der Waals surface area contributed by atoms with E-state index in [1.165, 1.54) is 0 Å². The van der Waals surface area contributed by atoms with Crippen LogP contribution in [0.3, 0.4) is 0 Å². The van der Waals surface area contributed by atoms with Gasteiger partial charge in [-0.1, -0.05) is 20.8 Å². The molecule has 0 spiro atoms. The highest BCUT2D eigenvalue weighted by Crippen LogP contribution is 2.03. The number of amides is 1. The third-order valence-corrected chi connectivity index (χ3v) is 2.76. The molecule has 1 amide bonds. The van der Waals surface area contributed by atoms with Gasteiger partial charge >= 0.3 is 5.97 Å². The zero-order chi connectivity index (χ0) is 13.6. The molecule has 5 nitrogen and oxygen atoms in total. The smallest absolute Gasteiger partial charge is 0.320 e. The first-order chi connectivity index (χ1) is 7.79. The molecule has 3 N–H and O–H groups in total. The van der Waals surface area contributed by atoms with Gasteiger partial charge in [-0.2, -0.15) is 0 Å². The molecule has 0 fully saturated rings. The minimum atomic E-state index is -0.928. The number of rotatable bonds is 7. The first-order valence-corrected chi connectivity index (χ1v) is 6.08. The highest BCUT2D eigenvalue weighted by Gasteiger charge is 2.25. The summed E-state index contributed by atoms with van der Waals surface area (Å²) in [6, 6.07) is -1.10. The number of nitrogens with one attached hydrogen (secondary N) is 2. The highest BCUT2D eigenvalue weighted by atomic mass is 16.4. The number of hydrogen-bond acceptors (Lipinski definition) is 3. The highest BCUT2D eigenvalue weighted by molar-refractivity contribution is 5.83. The van der Waals surface area contributed by atoms with Gasteiger partial charge in [0.25, 0.3) is 0 Å². The van der Waals surface area contributed by atoms with E-state index in [2.05, 4.69) is 10.6 Å². The van der Waals surface area contributed by atoms with Crippen molar-refractivity contribution in [3.05, 3.63) is 0 Å². The van der Waals surface area contributed by atoms with E-state index in [1.807, 2.05) is 27.7 Å². The SMILES string of the molecule is CCC(C)NC(=O)C(C)NC(C(=O)O)C(C)C. The molecule has 0 aliphatic rings. The second kappa shape index (κ2) is 7.27. The predicted octanol–water partition coefficient (Wildman–Crippen LogP) is 0.988. The molecular weight excluding hydrogens is 220 g/mol. The maximum atomic E-state index is 11.7. The lowest BCUT2D eigenvalue weighted by atomic mass is 10.0. The van der Waals surface area contributed by atoms with Crippen LogP contribution in [0, 0.1) is 5.92 Å². The average Bonchev–Trinajstić information content (AvgIpc) is 2.23. The van der Waals surface area contributed by atoms with Crippen LogP contribution in [-0.2, 0) is 9.59 Å². The van der Waals surface area contributed by atoms with Crippen LogP contribution in [0.4, 0.5) is 0 Å². The van der Waals surface area contributed by atoms with Crippen LogP contribution < -0.4 is 10.6 Å². The van der Waals surface area contributed by atoms with E-state index < -0.39 is 18.1 Å². The summed E-state index contributed by atoms with van der Waals surface area (Å²) in [5.41, 5.74) is 0. The number of aliphatic carboxylic acids is 1. The molecule has 0 radical (unpaired) electrons. The number of carbonyl (C=O) groups is 2. The van der Waals surface area contributed by atoms with Crippen LogP contribution in [0.25, 0.3) is 0 Å². The normalized spacial score (nSPS) is 16.4. The van der Waals surface area contributed by atoms with Crippen molar-refractivity contribution in [2.45, 2.75) is 59.2 Å². The van der Waals surface area contributed by atoms with Gasteiger partial charge in [-0.3, -0.25) is 14.9 Å². The summed E-state index contributed by atoms with van der Waals surface area (Å²) in [4.78, 5) is 22.7. The van der Waals surface area contributed by atoms with E-state index in [4.69, 9.17) is 5.11 Å². The summed E-state index contributed by atoms with van der Waals surface area (Å²) < 4.78 is 0. The van der Waals surface area contributed by atoms with Gasteiger partial charge in [-0.15, -0.1) is 0 Å². The van der Waals surface area contributed by atoms with Gasteiger partial charge in [0, 0.05) is 6.04 Å². The molecule has 0 aromatic rings. The summed E-state index contributed by atoms with van der Waals surface area (Å²) in [5.74, 6) is -1.15. The van der Waals surface area contributed by atoms with Crippen LogP contribution in [0.5, 0.6) is 0 Å². The Morgan fingerprint density at radius 3 is 2.06 bits per heavy atom. The molecule has 3 unspecified atom stereocenters. The summed E-state index contributed by atoms with van der Waals surface area (Å²) >= 11 is 0. The average molecular weight is 244 g/mol. The molecule has 3 atom stereocenters. The van der Waals surface area contributed by atoms with Crippen molar-refractivity contribution in [1.29, 1.82) is 0 Å². The van der Waals surface area contributed by atoms with Crippen molar-refractivity contribution in [3.8, 4) is 0 Å². The van der Waals surface area contributed by atoms with Crippen molar-refractivity contribution in [1.82, 2.24) is 10.6 Å². The first kappa shape index (κ1) is 15.9. The van der Waals surface area contributed by atoms with Crippen molar-refractivity contribution in [2.75, 3.05) is 0 Å². The quantitative estimate of drug-likeness (QED) is 0.624. The maximum absolute atomic E-state index is 11.7. The lowest BCUT2D eigenvalue weighted by molar-refractivity contribution is -0.141. The molecular formula is C12H24N2O3. The molecule has 0 bridgehead atoms. The van der Waals surface area contributed by atoms with Crippen LogP contribution in [-0.4, -0.2) is 35.1 Å². The van der Waals surface area contributed by atoms with Gasteiger partial charge in [-0.05, 0) is 26.2 Å². The summed E-state index contributed by atoms with van der Waals surface area (Å²) in [7, 11) is 0. The van der Waals surface area contributed by atoms with Crippen LogP contribution in [0.15, 0.2) is 0 Å². The molecule has 0 aromatic heterocycles. The van der Waals surface area contributed by atoms with E-state index in [-0.39, 0.29) is 17.9 Å². The molecule has 100 valence electrons. The fourth-order valence-corrected chi connectivity index (χ4v) is 1.36. The van der Waals surface area contributed by atoms with Gasteiger partial charge in [0.1, 0.15) is 6.04 Å². The topological polar surface area (TPSA) is 78.4 Å². The van der Waals surface area contributed by atoms with Crippen LogP contribution in [0.2, 0.25) is 0 Å². The fraction of sp³-hybridized carbons (Fsp3) is 0.833. The van der Waals surface area contributed by atoms with Crippen molar-refractivity contribution >= 4 is 11.9 Å². The molecule has 0 saturated heterocycles. The Morgan fingerprint density at radius 1 is 1.18 bits per heavy atom. The molecule has 5 heteroatoms. The van der Waals surface area contributed by atoms with Gasteiger partial charge in [-0.25, -0.2) is 0 Å². The lowest BCUT2D eigenvalue weighted by Gasteiger charge is -2.23. The van der Waals surface area contributed by atoms with Crippen LogP contribution >= 0.6 is 0 Å².